The zero-order chi connectivity index (χ0) is 18.5. The molecule has 0 radical (unpaired) electrons. The first-order valence-electron chi connectivity index (χ1n) is 9.15. The van der Waals surface area contributed by atoms with Gasteiger partial charge in [-0.05, 0) is 59.4 Å². The molecule has 1 aromatic carbocycles. The van der Waals surface area contributed by atoms with E-state index in [1.165, 1.54) is 0 Å². The van der Waals surface area contributed by atoms with Crippen molar-refractivity contribution in [1.82, 2.24) is 9.97 Å². The standard InChI is InChI=1S/C22H18N4O/c23-14-22(13-21(22)5-6-21)18-4-3-16-12-25-19(10-17(16)9-18)26-20(27)8-15-2-1-7-24-11-15/h1-4,7,9-12H,5-6,8,13H2,(H,25,26,27)/t22-/m0/s1. The molecule has 3 aromatic rings. The third-order valence-electron chi connectivity index (χ3n) is 6.00. The van der Waals surface area contributed by atoms with Gasteiger partial charge in [0.15, 0.2) is 0 Å². The Kier molecular flexibility index (Phi) is 3.32. The summed E-state index contributed by atoms with van der Waals surface area (Å²) in [6.45, 7) is 0. The van der Waals surface area contributed by atoms with Gasteiger partial charge in [-0.2, -0.15) is 5.26 Å². The van der Waals surface area contributed by atoms with Gasteiger partial charge in [0.2, 0.25) is 5.91 Å². The summed E-state index contributed by atoms with van der Waals surface area (Å²) in [5.74, 6) is 0.398. The average molecular weight is 354 g/mol. The number of nitrogens with one attached hydrogen (secondary N) is 1. The summed E-state index contributed by atoms with van der Waals surface area (Å²) < 4.78 is 0. The first kappa shape index (κ1) is 16.0. The van der Waals surface area contributed by atoms with Crippen LogP contribution in [0, 0.1) is 16.7 Å². The first-order chi connectivity index (χ1) is 13.1. The summed E-state index contributed by atoms with van der Waals surface area (Å²) in [7, 11) is 0. The number of hydrogen-bond acceptors (Lipinski definition) is 4. The van der Waals surface area contributed by atoms with Crippen molar-refractivity contribution in [3.05, 3.63) is 66.1 Å². The fraction of sp³-hybridized carbons (Fsp3) is 0.273. The molecule has 0 unspecified atom stereocenters. The summed E-state index contributed by atoms with van der Waals surface area (Å²) >= 11 is 0. The van der Waals surface area contributed by atoms with Gasteiger partial charge in [0.1, 0.15) is 5.82 Å². The second-order valence-electron chi connectivity index (χ2n) is 7.69. The number of nitriles is 1. The van der Waals surface area contributed by atoms with E-state index in [1.807, 2.05) is 24.3 Å². The highest BCUT2D eigenvalue weighted by Crippen LogP contribution is 2.78. The molecule has 0 aliphatic heterocycles. The van der Waals surface area contributed by atoms with Gasteiger partial charge in [-0.3, -0.25) is 9.78 Å². The number of rotatable bonds is 4. The number of carbonyl (C=O) groups is 1. The molecule has 2 aliphatic rings. The van der Waals surface area contributed by atoms with Gasteiger partial charge in [0, 0.05) is 24.0 Å². The smallest absolute Gasteiger partial charge is 0.230 e. The Balaban J connectivity index is 1.40. The van der Waals surface area contributed by atoms with Crippen LogP contribution in [0.3, 0.4) is 0 Å². The summed E-state index contributed by atoms with van der Waals surface area (Å²) in [5.41, 5.74) is 1.88. The lowest BCUT2D eigenvalue weighted by atomic mass is 9.92. The van der Waals surface area contributed by atoms with Gasteiger partial charge in [0.25, 0.3) is 0 Å². The molecule has 2 saturated carbocycles. The summed E-state index contributed by atoms with van der Waals surface area (Å²) in [6.07, 6.45) is 8.68. The predicted octanol–water partition coefficient (Wildman–Crippen LogP) is 3.76. The van der Waals surface area contributed by atoms with Gasteiger partial charge in [-0.1, -0.05) is 18.2 Å². The Labute approximate surface area is 157 Å². The maximum Gasteiger partial charge on any atom is 0.230 e. The van der Waals surface area contributed by atoms with Crippen LogP contribution in [0.15, 0.2) is 55.0 Å². The minimum Gasteiger partial charge on any atom is -0.310 e. The quantitative estimate of drug-likeness (QED) is 0.774. The summed E-state index contributed by atoms with van der Waals surface area (Å²) in [6, 6.07) is 14.3. The molecule has 1 N–H and O–H groups in total. The number of nitrogens with zero attached hydrogens (tertiary/aromatic N) is 3. The normalized spacial score (nSPS) is 21.6. The van der Waals surface area contributed by atoms with Gasteiger partial charge < -0.3 is 5.32 Å². The molecule has 132 valence electrons. The number of anilines is 1. The van der Waals surface area contributed by atoms with E-state index in [9.17, 15) is 10.1 Å². The number of amides is 1. The van der Waals surface area contributed by atoms with E-state index in [0.29, 0.717) is 5.82 Å². The molecule has 2 aliphatic carbocycles. The molecule has 1 atom stereocenters. The zero-order valence-electron chi connectivity index (χ0n) is 14.8. The van der Waals surface area contributed by atoms with E-state index in [0.717, 1.165) is 41.2 Å². The van der Waals surface area contributed by atoms with Gasteiger partial charge in [-0.25, -0.2) is 4.98 Å². The Bertz CT molecular complexity index is 1100. The molecule has 27 heavy (non-hydrogen) atoms. The fourth-order valence-electron chi connectivity index (χ4n) is 4.20. The largest absolute Gasteiger partial charge is 0.310 e. The third-order valence-corrected chi connectivity index (χ3v) is 6.00. The summed E-state index contributed by atoms with van der Waals surface area (Å²) in [4.78, 5) is 20.6. The van der Waals surface area contributed by atoms with E-state index in [4.69, 9.17) is 0 Å². The van der Waals surface area contributed by atoms with Gasteiger partial charge >= 0.3 is 0 Å². The Morgan fingerprint density at radius 2 is 2.07 bits per heavy atom. The van der Waals surface area contributed by atoms with Crippen molar-refractivity contribution < 1.29 is 4.79 Å². The van der Waals surface area contributed by atoms with E-state index in [2.05, 4.69) is 33.5 Å². The van der Waals surface area contributed by atoms with Crippen LogP contribution in [0.4, 0.5) is 5.82 Å². The molecule has 5 heteroatoms. The topological polar surface area (TPSA) is 78.7 Å². The number of pyridine rings is 2. The molecule has 0 bridgehead atoms. The average Bonchev–Trinajstić information content (AvgIpc) is 3.60. The Hall–Kier alpha value is -3.26. The highest BCUT2D eigenvalue weighted by Gasteiger charge is 2.75. The highest BCUT2D eigenvalue weighted by molar-refractivity contribution is 5.94. The lowest BCUT2D eigenvalue weighted by Gasteiger charge is -2.11. The maximum absolute atomic E-state index is 12.3. The Morgan fingerprint density at radius 1 is 1.19 bits per heavy atom. The molecular weight excluding hydrogens is 336 g/mol. The van der Waals surface area contributed by atoms with E-state index in [-0.39, 0.29) is 23.2 Å². The number of hydrogen-bond donors (Lipinski definition) is 1. The zero-order valence-corrected chi connectivity index (χ0v) is 14.8. The summed E-state index contributed by atoms with van der Waals surface area (Å²) in [5, 5.41) is 14.6. The van der Waals surface area contributed by atoms with Gasteiger partial charge in [-0.15, -0.1) is 0 Å². The first-order valence-corrected chi connectivity index (χ1v) is 9.15. The van der Waals surface area contributed by atoms with E-state index < -0.39 is 0 Å². The molecule has 2 heterocycles. The maximum atomic E-state index is 12.3. The van der Waals surface area contributed by atoms with Crippen LogP contribution >= 0.6 is 0 Å². The van der Waals surface area contributed by atoms with Crippen molar-refractivity contribution in [2.24, 2.45) is 5.41 Å². The molecule has 2 fully saturated rings. The molecule has 5 rings (SSSR count). The van der Waals surface area contributed by atoms with Crippen LogP contribution in [0.5, 0.6) is 0 Å². The number of carbonyl (C=O) groups excluding carboxylic acids is 1. The molecule has 1 spiro atoms. The second-order valence-corrected chi connectivity index (χ2v) is 7.69. The lowest BCUT2D eigenvalue weighted by Crippen LogP contribution is -2.15. The number of fused-ring (bicyclic) bond motifs is 1. The molecule has 0 saturated heterocycles. The van der Waals surface area contributed by atoms with Crippen molar-refractivity contribution in [2.75, 3.05) is 5.32 Å². The molecule has 1 amide bonds. The van der Waals surface area contributed by atoms with Crippen molar-refractivity contribution in [1.29, 1.82) is 5.26 Å². The van der Waals surface area contributed by atoms with Crippen molar-refractivity contribution in [2.45, 2.75) is 31.1 Å². The van der Waals surface area contributed by atoms with Crippen molar-refractivity contribution in [3.8, 4) is 6.07 Å². The number of aromatic nitrogens is 2. The van der Waals surface area contributed by atoms with Gasteiger partial charge in [0.05, 0.1) is 17.9 Å². The van der Waals surface area contributed by atoms with Crippen LogP contribution in [-0.2, 0) is 16.6 Å². The highest BCUT2D eigenvalue weighted by atomic mass is 16.1. The Morgan fingerprint density at radius 3 is 2.78 bits per heavy atom. The van der Waals surface area contributed by atoms with Crippen LogP contribution < -0.4 is 5.32 Å². The molecule has 5 nitrogen and oxygen atoms in total. The fourth-order valence-corrected chi connectivity index (χ4v) is 4.20. The second kappa shape index (κ2) is 5.62. The molecular formula is C22H18N4O. The van der Waals surface area contributed by atoms with Crippen LogP contribution in [0.1, 0.15) is 30.4 Å². The van der Waals surface area contributed by atoms with E-state index >= 15 is 0 Å². The predicted molar refractivity (Wildman–Crippen MR) is 102 cm³/mol. The minimum absolute atomic E-state index is 0.126. The van der Waals surface area contributed by atoms with Crippen LogP contribution in [0.25, 0.3) is 10.8 Å². The van der Waals surface area contributed by atoms with Crippen LogP contribution in [0.2, 0.25) is 0 Å². The van der Waals surface area contributed by atoms with E-state index in [1.54, 1.807) is 18.6 Å². The lowest BCUT2D eigenvalue weighted by molar-refractivity contribution is -0.115. The third kappa shape index (κ3) is 2.57. The van der Waals surface area contributed by atoms with Crippen LogP contribution in [-0.4, -0.2) is 15.9 Å². The number of benzene rings is 1. The van der Waals surface area contributed by atoms with Crippen molar-refractivity contribution >= 4 is 22.5 Å². The SMILES string of the molecule is N#C[C@]1(c2ccc3cnc(NC(=O)Cc4cccnc4)cc3c2)CC12CC2. The monoisotopic (exact) mass is 354 g/mol. The minimum atomic E-state index is -0.311. The van der Waals surface area contributed by atoms with Crippen molar-refractivity contribution in [3.63, 3.8) is 0 Å². The molecule has 2 aromatic heterocycles.